The number of halogens is 1. The largest absolute Gasteiger partial charge is 0.325 e. The Morgan fingerprint density at radius 3 is 2.45 bits per heavy atom. The lowest BCUT2D eigenvalue weighted by atomic mass is 9.64. The predicted octanol–water partition coefficient (Wildman–Crippen LogP) is 4.27. The molecule has 1 saturated carbocycles. The normalized spacial score (nSPS) is 15.5. The van der Waals surface area contributed by atoms with Gasteiger partial charge in [-0.3, -0.25) is 4.79 Å². The molecule has 0 heterocycles. The topological polar surface area (TPSA) is 52.9 Å². The van der Waals surface area contributed by atoms with Crippen LogP contribution < -0.4 is 5.32 Å². The second-order valence-corrected chi connectivity index (χ2v) is 5.97. The van der Waals surface area contributed by atoms with E-state index in [0.29, 0.717) is 16.3 Å². The van der Waals surface area contributed by atoms with Crippen LogP contribution in [0, 0.1) is 11.3 Å². The molecule has 1 amide bonds. The molecule has 0 unspecified atom stereocenters. The molecule has 0 saturated heterocycles. The Morgan fingerprint density at radius 2 is 1.91 bits per heavy atom. The van der Waals surface area contributed by atoms with Gasteiger partial charge in [0, 0.05) is 5.69 Å². The van der Waals surface area contributed by atoms with Crippen LogP contribution in [0.3, 0.4) is 0 Å². The fraction of sp³-hybridized carbons (Fsp3) is 0.222. The van der Waals surface area contributed by atoms with Crippen LogP contribution in [0.25, 0.3) is 0 Å². The van der Waals surface area contributed by atoms with E-state index >= 15 is 0 Å². The average molecular weight is 311 g/mol. The molecule has 22 heavy (non-hydrogen) atoms. The molecule has 0 radical (unpaired) electrons. The first kappa shape index (κ1) is 14.6. The number of nitriles is 1. The van der Waals surface area contributed by atoms with E-state index in [1.807, 2.05) is 36.4 Å². The van der Waals surface area contributed by atoms with Gasteiger partial charge in [0.25, 0.3) is 0 Å². The summed E-state index contributed by atoms with van der Waals surface area (Å²) in [5.41, 5.74) is 1.64. The van der Waals surface area contributed by atoms with Gasteiger partial charge < -0.3 is 5.32 Å². The maximum absolute atomic E-state index is 12.8. The van der Waals surface area contributed by atoms with E-state index in [-0.39, 0.29) is 5.91 Å². The van der Waals surface area contributed by atoms with Gasteiger partial charge in [-0.25, -0.2) is 0 Å². The molecule has 110 valence electrons. The molecule has 2 aromatic rings. The van der Waals surface area contributed by atoms with Crippen LogP contribution in [0.2, 0.25) is 5.02 Å². The summed E-state index contributed by atoms with van der Waals surface area (Å²) in [7, 11) is 0. The van der Waals surface area contributed by atoms with Crippen molar-refractivity contribution in [2.24, 2.45) is 0 Å². The summed E-state index contributed by atoms with van der Waals surface area (Å²) in [6.45, 7) is 0. The van der Waals surface area contributed by atoms with Gasteiger partial charge in [-0.15, -0.1) is 0 Å². The van der Waals surface area contributed by atoms with E-state index < -0.39 is 5.41 Å². The first-order valence-corrected chi connectivity index (χ1v) is 7.60. The second-order valence-electron chi connectivity index (χ2n) is 5.56. The van der Waals surface area contributed by atoms with Crippen LogP contribution in [0.4, 0.5) is 5.69 Å². The number of amides is 1. The van der Waals surface area contributed by atoms with Gasteiger partial charge in [-0.2, -0.15) is 5.26 Å². The molecule has 3 rings (SSSR count). The molecule has 0 aliphatic heterocycles. The zero-order chi connectivity index (χ0) is 15.6. The minimum atomic E-state index is -0.443. The number of nitrogens with one attached hydrogen (secondary N) is 1. The Labute approximate surface area is 134 Å². The quantitative estimate of drug-likeness (QED) is 0.920. The van der Waals surface area contributed by atoms with E-state index in [4.69, 9.17) is 16.9 Å². The molecular weight excluding hydrogens is 296 g/mol. The number of carbonyl (C=O) groups excluding carboxylic acids is 1. The molecular formula is C18H15ClN2O. The van der Waals surface area contributed by atoms with Crippen molar-refractivity contribution >= 4 is 23.2 Å². The zero-order valence-corrected chi connectivity index (χ0v) is 12.7. The first-order chi connectivity index (χ1) is 10.7. The summed E-state index contributed by atoms with van der Waals surface area (Å²) in [5, 5.41) is 12.2. The molecule has 3 nitrogen and oxygen atoms in total. The van der Waals surface area contributed by atoms with Crippen molar-refractivity contribution in [3.05, 3.63) is 64.7 Å². The molecule has 1 fully saturated rings. The van der Waals surface area contributed by atoms with Gasteiger partial charge in [0.15, 0.2) is 0 Å². The van der Waals surface area contributed by atoms with Gasteiger partial charge in [0.1, 0.15) is 6.07 Å². The third-order valence-corrected chi connectivity index (χ3v) is 4.63. The highest BCUT2D eigenvalue weighted by Gasteiger charge is 2.45. The molecule has 1 aliphatic carbocycles. The number of rotatable bonds is 3. The summed E-state index contributed by atoms with van der Waals surface area (Å²) < 4.78 is 0. The van der Waals surface area contributed by atoms with E-state index in [9.17, 15) is 4.79 Å². The first-order valence-electron chi connectivity index (χ1n) is 7.22. The Hall–Kier alpha value is -2.31. The van der Waals surface area contributed by atoms with Gasteiger partial charge >= 0.3 is 0 Å². The SMILES string of the molecule is N#Cc1ccc(NC(=O)C2(c3ccccc3)CCC2)cc1Cl. The van der Waals surface area contributed by atoms with Gasteiger partial charge in [0.05, 0.1) is 16.0 Å². The zero-order valence-electron chi connectivity index (χ0n) is 12.0. The summed E-state index contributed by atoms with van der Waals surface area (Å²) in [6, 6.07) is 16.8. The molecule has 0 bridgehead atoms. The molecule has 4 heteroatoms. The summed E-state index contributed by atoms with van der Waals surface area (Å²) in [6.07, 6.45) is 2.76. The lowest BCUT2D eigenvalue weighted by molar-refractivity contribution is -0.124. The van der Waals surface area contributed by atoms with Gasteiger partial charge in [-0.1, -0.05) is 48.4 Å². The highest BCUT2D eigenvalue weighted by molar-refractivity contribution is 6.32. The lowest BCUT2D eigenvalue weighted by Gasteiger charge is -2.40. The van der Waals surface area contributed by atoms with Gasteiger partial charge in [-0.05, 0) is 36.6 Å². The minimum Gasteiger partial charge on any atom is -0.325 e. The summed E-state index contributed by atoms with van der Waals surface area (Å²) >= 11 is 6.02. The summed E-state index contributed by atoms with van der Waals surface area (Å²) in [4.78, 5) is 12.8. The van der Waals surface area contributed by atoms with E-state index in [0.717, 1.165) is 24.8 Å². The van der Waals surface area contributed by atoms with Crippen LogP contribution in [0.15, 0.2) is 48.5 Å². The Kier molecular flexibility index (Phi) is 3.87. The highest BCUT2D eigenvalue weighted by atomic mass is 35.5. The minimum absolute atomic E-state index is 0.00859. The van der Waals surface area contributed by atoms with Gasteiger partial charge in [0.2, 0.25) is 5.91 Å². The fourth-order valence-electron chi connectivity index (χ4n) is 2.87. The number of anilines is 1. The second kappa shape index (κ2) is 5.82. The van der Waals surface area contributed by atoms with Crippen LogP contribution in [0.5, 0.6) is 0 Å². The Balaban J connectivity index is 1.85. The fourth-order valence-corrected chi connectivity index (χ4v) is 3.09. The van der Waals surface area contributed by atoms with Crippen molar-refractivity contribution in [3.8, 4) is 6.07 Å². The van der Waals surface area contributed by atoms with Crippen molar-refractivity contribution in [2.75, 3.05) is 5.32 Å². The molecule has 1 N–H and O–H groups in total. The van der Waals surface area contributed by atoms with Crippen LogP contribution in [-0.2, 0) is 10.2 Å². The predicted molar refractivity (Wildman–Crippen MR) is 86.8 cm³/mol. The third kappa shape index (κ3) is 2.47. The smallest absolute Gasteiger partial charge is 0.235 e. The number of carbonyl (C=O) groups is 1. The number of nitrogens with zero attached hydrogens (tertiary/aromatic N) is 1. The van der Waals surface area contributed by atoms with E-state index in [1.165, 1.54) is 0 Å². The van der Waals surface area contributed by atoms with Crippen LogP contribution in [-0.4, -0.2) is 5.91 Å². The maximum Gasteiger partial charge on any atom is 0.235 e. The molecule has 1 aliphatic rings. The Morgan fingerprint density at radius 1 is 1.18 bits per heavy atom. The standard InChI is InChI=1S/C18H15ClN2O/c19-16-11-15(8-7-13(16)12-20)21-17(22)18(9-4-10-18)14-5-2-1-3-6-14/h1-3,5-8,11H,4,9-10H2,(H,21,22). The van der Waals surface area contributed by atoms with Crippen molar-refractivity contribution in [3.63, 3.8) is 0 Å². The van der Waals surface area contributed by atoms with E-state index in [2.05, 4.69) is 5.32 Å². The number of hydrogen-bond donors (Lipinski definition) is 1. The molecule has 2 aromatic carbocycles. The molecule has 0 aromatic heterocycles. The maximum atomic E-state index is 12.8. The van der Waals surface area contributed by atoms with Crippen LogP contribution >= 0.6 is 11.6 Å². The number of hydrogen-bond acceptors (Lipinski definition) is 2. The average Bonchev–Trinajstić information content (AvgIpc) is 2.47. The van der Waals surface area contributed by atoms with E-state index in [1.54, 1.807) is 18.2 Å². The van der Waals surface area contributed by atoms with Crippen molar-refractivity contribution in [1.29, 1.82) is 5.26 Å². The number of benzene rings is 2. The van der Waals surface area contributed by atoms with Crippen molar-refractivity contribution in [1.82, 2.24) is 0 Å². The summed E-state index contributed by atoms with van der Waals surface area (Å²) in [5.74, 6) is -0.00859. The van der Waals surface area contributed by atoms with Crippen molar-refractivity contribution < 1.29 is 4.79 Å². The lowest BCUT2D eigenvalue weighted by Crippen LogP contribution is -2.45. The van der Waals surface area contributed by atoms with Crippen molar-refractivity contribution in [2.45, 2.75) is 24.7 Å². The third-order valence-electron chi connectivity index (χ3n) is 4.32. The molecule has 0 atom stereocenters. The molecule has 0 spiro atoms. The van der Waals surface area contributed by atoms with Crippen LogP contribution in [0.1, 0.15) is 30.4 Å². The Bertz CT molecular complexity index is 745. The highest BCUT2D eigenvalue weighted by Crippen LogP contribution is 2.44. The monoisotopic (exact) mass is 310 g/mol.